The number of rotatable bonds is 12. The van der Waals surface area contributed by atoms with E-state index >= 15 is 0 Å². The molecule has 0 saturated carbocycles. The minimum Gasteiger partial charge on any atom is -0.504 e. The maximum absolute atomic E-state index is 10.9. The van der Waals surface area contributed by atoms with E-state index in [9.17, 15) is 25.5 Å². The first-order valence-corrected chi connectivity index (χ1v) is 17.2. The summed E-state index contributed by atoms with van der Waals surface area (Å²) in [4.78, 5) is 0. The third-order valence-corrected chi connectivity index (χ3v) is 10.7. The predicted octanol–water partition coefficient (Wildman–Crippen LogP) is 5.09. The molecule has 3 aliphatic heterocycles. The summed E-state index contributed by atoms with van der Waals surface area (Å²) in [6.07, 6.45) is -1.04. The fourth-order valence-corrected chi connectivity index (χ4v) is 8.00. The number of aromatic hydroxyl groups is 2. The summed E-state index contributed by atoms with van der Waals surface area (Å²) < 4.78 is 41.6. The van der Waals surface area contributed by atoms with Crippen molar-refractivity contribution in [3.05, 3.63) is 94.0 Å². The van der Waals surface area contributed by atoms with E-state index in [1.54, 1.807) is 38.5 Å². The SMILES string of the molecule is COc1cc(CC2COC(c3cc(OC)c4c(c3)C(CO)C(c3cc(OC)c5c(c3)C(CO)C(c3ccc(O)c(OC)c3)O5)O4)C2CO)ccc1O. The van der Waals surface area contributed by atoms with Gasteiger partial charge in [0.2, 0.25) is 0 Å². The largest absolute Gasteiger partial charge is 0.504 e. The van der Waals surface area contributed by atoms with Gasteiger partial charge in [0.15, 0.2) is 46.0 Å². The zero-order valence-corrected chi connectivity index (χ0v) is 29.4. The van der Waals surface area contributed by atoms with E-state index in [0.717, 1.165) is 27.8 Å². The Balaban J connectivity index is 1.19. The van der Waals surface area contributed by atoms with Crippen LogP contribution in [0.1, 0.15) is 63.5 Å². The molecule has 4 aromatic rings. The number of hydrogen-bond acceptors (Lipinski definition) is 12. The van der Waals surface area contributed by atoms with Gasteiger partial charge in [0.05, 0.1) is 66.2 Å². The number of phenolic OH excluding ortho intramolecular Hbond substituents is 2. The molecule has 0 radical (unpaired) electrons. The molecule has 0 amide bonds. The molecule has 1 fully saturated rings. The van der Waals surface area contributed by atoms with Crippen molar-refractivity contribution in [3.8, 4) is 46.0 Å². The highest BCUT2D eigenvalue weighted by Crippen LogP contribution is 2.56. The lowest BCUT2D eigenvalue weighted by Crippen LogP contribution is -2.21. The lowest BCUT2D eigenvalue weighted by atomic mass is 9.82. The van der Waals surface area contributed by atoms with Crippen LogP contribution in [-0.2, 0) is 11.2 Å². The number of phenols is 2. The molecule has 7 atom stereocenters. The number of aliphatic hydroxyl groups excluding tert-OH is 3. The number of hydrogen-bond donors (Lipinski definition) is 5. The summed E-state index contributed by atoms with van der Waals surface area (Å²) in [5.74, 6) is 1.46. The first-order valence-electron chi connectivity index (χ1n) is 17.2. The van der Waals surface area contributed by atoms with Crippen LogP contribution in [0.3, 0.4) is 0 Å². The van der Waals surface area contributed by atoms with E-state index in [-0.39, 0.29) is 43.2 Å². The van der Waals surface area contributed by atoms with Crippen LogP contribution in [0.2, 0.25) is 0 Å². The Morgan fingerprint density at radius 2 is 1.08 bits per heavy atom. The number of ether oxygens (including phenoxy) is 7. The van der Waals surface area contributed by atoms with Crippen molar-refractivity contribution in [2.24, 2.45) is 11.8 Å². The molecular formula is C40H44O12. The molecule has 0 aliphatic carbocycles. The maximum Gasteiger partial charge on any atom is 0.165 e. The third kappa shape index (κ3) is 6.09. The van der Waals surface area contributed by atoms with Gasteiger partial charge in [0.1, 0.15) is 12.2 Å². The van der Waals surface area contributed by atoms with Gasteiger partial charge in [0, 0.05) is 23.7 Å². The molecule has 12 heteroatoms. The summed E-state index contributed by atoms with van der Waals surface area (Å²) >= 11 is 0. The van der Waals surface area contributed by atoms with Crippen LogP contribution in [0.4, 0.5) is 0 Å². The van der Waals surface area contributed by atoms with Gasteiger partial charge < -0.3 is 58.7 Å². The van der Waals surface area contributed by atoms with Crippen molar-refractivity contribution in [2.45, 2.75) is 36.6 Å². The Kier molecular flexibility index (Phi) is 9.99. The molecule has 3 heterocycles. The van der Waals surface area contributed by atoms with Crippen molar-refractivity contribution in [2.75, 3.05) is 54.9 Å². The second kappa shape index (κ2) is 14.6. The Morgan fingerprint density at radius 1 is 0.577 bits per heavy atom. The molecule has 0 aromatic heterocycles. The maximum atomic E-state index is 10.9. The molecule has 5 N–H and O–H groups in total. The van der Waals surface area contributed by atoms with Gasteiger partial charge in [-0.05, 0) is 83.1 Å². The normalized spacial score (nSPS) is 24.5. The van der Waals surface area contributed by atoms with Crippen LogP contribution in [0.15, 0.2) is 60.7 Å². The molecular weight excluding hydrogens is 672 g/mol. The molecule has 7 rings (SSSR count). The summed E-state index contributed by atoms with van der Waals surface area (Å²) in [5.41, 5.74) is 4.66. The first-order chi connectivity index (χ1) is 25.3. The topological polar surface area (TPSA) is 166 Å². The molecule has 1 saturated heterocycles. The van der Waals surface area contributed by atoms with Gasteiger partial charge in [-0.3, -0.25) is 0 Å². The molecule has 4 aromatic carbocycles. The van der Waals surface area contributed by atoms with Crippen LogP contribution in [0.25, 0.3) is 0 Å². The second-order valence-electron chi connectivity index (χ2n) is 13.4. The Hall–Kier alpha value is -4.88. The Morgan fingerprint density at radius 3 is 1.62 bits per heavy atom. The molecule has 7 unspecified atom stereocenters. The van der Waals surface area contributed by atoms with Crippen molar-refractivity contribution < 1.29 is 58.7 Å². The zero-order chi connectivity index (χ0) is 36.7. The van der Waals surface area contributed by atoms with E-state index in [4.69, 9.17) is 33.2 Å². The molecule has 52 heavy (non-hydrogen) atoms. The monoisotopic (exact) mass is 716 g/mol. The lowest BCUT2D eigenvalue weighted by molar-refractivity contribution is 0.0716. The van der Waals surface area contributed by atoms with E-state index in [1.165, 1.54) is 20.3 Å². The van der Waals surface area contributed by atoms with Gasteiger partial charge in [-0.15, -0.1) is 0 Å². The smallest absolute Gasteiger partial charge is 0.165 e. The highest BCUT2D eigenvalue weighted by atomic mass is 16.5. The van der Waals surface area contributed by atoms with Crippen LogP contribution in [0.5, 0.6) is 46.0 Å². The molecule has 0 bridgehead atoms. The summed E-state index contributed by atoms with van der Waals surface area (Å²) in [5, 5.41) is 52.3. The van der Waals surface area contributed by atoms with Crippen molar-refractivity contribution in [1.82, 2.24) is 0 Å². The number of benzene rings is 4. The van der Waals surface area contributed by atoms with Gasteiger partial charge >= 0.3 is 0 Å². The molecule has 0 spiro atoms. The number of aliphatic hydroxyl groups is 3. The number of methoxy groups -OCH3 is 4. The van der Waals surface area contributed by atoms with E-state index < -0.39 is 30.1 Å². The van der Waals surface area contributed by atoms with Crippen LogP contribution < -0.4 is 28.4 Å². The first kappa shape index (κ1) is 35.5. The van der Waals surface area contributed by atoms with Crippen molar-refractivity contribution in [1.29, 1.82) is 0 Å². The lowest BCUT2D eigenvalue weighted by Gasteiger charge is -2.23. The van der Waals surface area contributed by atoms with Crippen LogP contribution >= 0.6 is 0 Å². The summed E-state index contributed by atoms with van der Waals surface area (Å²) in [6, 6.07) is 17.8. The highest BCUT2D eigenvalue weighted by molar-refractivity contribution is 5.59. The second-order valence-corrected chi connectivity index (χ2v) is 13.4. The fourth-order valence-electron chi connectivity index (χ4n) is 8.00. The van der Waals surface area contributed by atoms with Gasteiger partial charge in [-0.25, -0.2) is 0 Å². The predicted molar refractivity (Wildman–Crippen MR) is 188 cm³/mol. The minimum absolute atomic E-state index is 0.00456. The molecule has 276 valence electrons. The summed E-state index contributed by atoms with van der Waals surface area (Å²) in [6.45, 7) is -0.149. The van der Waals surface area contributed by atoms with Crippen molar-refractivity contribution in [3.63, 3.8) is 0 Å². The average Bonchev–Trinajstić information content (AvgIpc) is 3.87. The average molecular weight is 717 g/mol. The van der Waals surface area contributed by atoms with E-state index in [2.05, 4.69) is 0 Å². The molecule has 12 nitrogen and oxygen atoms in total. The van der Waals surface area contributed by atoms with Crippen molar-refractivity contribution >= 4 is 0 Å². The van der Waals surface area contributed by atoms with E-state index in [1.807, 2.05) is 30.3 Å². The number of fused-ring (bicyclic) bond motifs is 2. The van der Waals surface area contributed by atoms with Gasteiger partial charge in [-0.2, -0.15) is 0 Å². The van der Waals surface area contributed by atoms with Gasteiger partial charge in [-0.1, -0.05) is 12.1 Å². The minimum atomic E-state index is -0.633. The Labute approximate surface area is 301 Å². The van der Waals surface area contributed by atoms with E-state index in [0.29, 0.717) is 53.1 Å². The van der Waals surface area contributed by atoms with Crippen LogP contribution in [-0.4, -0.2) is 80.4 Å². The zero-order valence-electron chi connectivity index (χ0n) is 29.4. The summed E-state index contributed by atoms with van der Waals surface area (Å²) in [7, 11) is 6.08. The van der Waals surface area contributed by atoms with Gasteiger partial charge in [0.25, 0.3) is 0 Å². The fraction of sp³-hybridized carbons (Fsp3) is 0.400. The third-order valence-electron chi connectivity index (χ3n) is 10.7. The quantitative estimate of drug-likeness (QED) is 0.132. The Bertz CT molecular complexity index is 1930. The standard InChI is InChI=1S/C40H44O12/c1-46-32-10-20(5-7-30(32)44)9-24-19-50-36(27(24)16-41)22-11-25-29(18-43)38(52-40(25)34(14-22)48-3)23-12-26-28(17-42)37(51-39(26)35(15-23)49-4)21-6-8-31(45)33(13-21)47-2/h5-8,10-15,24,27-29,36-38,41-45H,9,16-19H2,1-4H3. The van der Waals surface area contributed by atoms with Crippen LogP contribution in [0, 0.1) is 11.8 Å². The molecule has 3 aliphatic rings. The highest BCUT2D eigenvalue weighted by Gasteiger charge is 2.44.